The molecule has 0 unspecified atom stereocenters. The number of aromatic nitrogens is 3. The summed E-state index contributed by atoms with van der Waals surface area (Å²) in [5.74, 6) is 1.83. The SMILES string of the molecule is CCCCN(CCO)c1nc(NCCC)nc(N(C)C)n1. The number of aliphatic hydroxyl groups is 1. The van der Waals surface area contributed by atoms with Crippen LogP contribution in [0.25, 0.3) is 0 Å². The summed E-state index contributed by atoms with van der Waals surface area (Å²) in [5, 5.41) is 12.5. The van der Waals surface area contributed by atoms with Crippen molar-refractivity contribution in [2.24, 2.45) is 0 Å². The number of unbranched alkanes of at least 4 members (excludes halogenated alkanes) is 1. The van der Waals surface area contributed by atoms with Crippen LogP contribution in [-0.4, -0.2) is 60.4 Å². The first kappa shape index (κ1) is 17.4. The van der Waals surface area contributed by atoms with Gasteiger partial charge in [0.2, 0.25) is 17.8 Å². The van der Waals surface area contributed by atoms with Gasteiger partial charge in [-0.2, -0.15) is 15.0 Å². The Morgan fingerprint density at radius 3 is 2.29 bits per heavy atom. The smallest absolute Gasteiger partial charge is 0.232 e. The molecular weight excluding hydrogens is 268 g/mol. The molecule has 1 aromatic rings. The Morgan fingerprint density at radius 1 is 1.00 bits per heavy atom. The first-order valence-corrected chi connectivity index (χ1v) is 7.65. The number of anilines is 3. The van der Waals surface area contributed by atoms with Crippen LogP contribution in [0, 0.1) is 0 Å². The number of hydrogen-bond donors (Lipinski definition) is 2. The van der Waals surface area contributed by atoms with Crippen LogP contribution in [0.4, 0.5) is 17.8 Å². The van der Waals surface area contributed by atoms with Gasteiger partial charge in [0.15, 0.2) is 0 Å². The summed E-state index contributed by atoms with van der Waals surface area (Å²) in [6.45, 7) is 6.52. The second-order valence-corrected chi connectivity index (χ2v) is 5.14. The molecule has 0 aliphatic heterocycles. The van der Waals surface area contributed by atoms with Crippen LogP contribution in [-0.2, 0) is 0 Å². The fourth-order valence-electron chi connectivity index (χ4n) is 1.79. The third kappa shape index (κ3) is 5.71. The van der Waals surface area contributed by atoms with E-state index < -0.39 is 0 Å². The predicted molar refractivity (Wildman–Crippen MR) is 87.1 cm³/mol. The summed E-state index contributed by atoms with van der Waals surface area (Å²) >= 11 is 0. The van der Waals surface area contributed by atoms with Crippen LogP contribution in [0.3, 0.4) is 0 Å². The van der Waals surface area contributed by atoms with Crippen molar-refractivity contribution < 1.29 is 5.11 Å². The average molecular weight is 296 g/mol. The molecule has 0 saturated heterocycles. The zero-order valence-electron chi connectivity index (χ0n) is 13.6. The van der Waals surface area contributed by atoms with Gasteiger partial charge < -0.3 is 20.2 Å². The molecule has 0 aromatic carbocycles. The zero-order valence-corrected chi connectivity index (χ0v) is 13.6. The molecule has 0 fully saturated rings. The Hall–Kier alpha value is -1.63. The fraction of sp³-hybridized carbons (Fsp3) is 0.786. The third-order valence-corrected chi connectivity index (χ3v) is 2.98. The lowest BCUT2D eigenvalue weighted by Crippen LogP contribution is -2.30. The van der Waals surface area contributed by atoms with Crippen LogP contribution in [0.2, 0.25) is 0 Å². The predicted octanol–water partition coefficient (Wildman–Crippen LogP) is 1.36. The minimum Gasteiger partial charge on any atom is -0.395 e. The monoisotopic (exact) mass is 296 g/mol. The largest absolute Gasteiger partial charge is 0.395 e. The molecule has 21 heavy (non-hydrogen) atoms. The van der Waals surface area contributed by atoms with Crippen LogP contribution in [0.5, 0.6) is 0 Å². The molecule has 0 saturated carbocycles. The quantitative estimate of drug-likeness (QED) is 0.675. The van der Waals surface area contributed by atoms with Crippen molar-refractivity contribution in [3.8, 4) is 0 Å². The van der Waals surface area contributed by atoms with E-state index in [1.807, 2.05) is 23.9 Å². The van der Waals surface area contributed by atoms with E-state index in [1.165, 1.54) is 0 Å². The van der Waals surface area contributed by atoms with E-state index in [0.717, 1.165) is 32.4 Å². The highest BCUT2D eigenvalue weighted by Crippen LogP contribution is 2.15. The van der Waals surface area contributed by atoms with Crippen molar-refractivity contribution in [3.05, 3.63) is 0 Å². The Labute approximate surface area is 127 Å². The topological polar surface area (TPSA) is 77.4 Å². The Kier molecular flexibility index (Phi) is 7.74. The molecule has 1 rings (SSSR count). The highest BCUT2D eigenvalue weighted by atomic mass is 16.3. The molecule has 1 aromatic heterocycles. The number of rotatable bonds is 10. The highest BCUT2D eigenvalue weighted by molar-refractivity contribution is 5.44. The lowest BCUT2D eigenvalue weighted by atomic mass is 10.3. The molecule has 7 heteroatoms. The van der Waals surface area contributed by atoms with Gasteiger partial charge in [0.1, 0.15) is 0 Å². The first-order chi connectivity index (χ1) is 10.1. The number of hydrogen-bond acceptors (Lipinski definition) is 7. The lowest BCUT2D eigenvalue weighted by Gasteiger charge is -2.23. The van der Waals surface area contributed by atoms with E-state index in [0.29, 0.717) is 24.4 Å². The van der Waals surface area contributed by atoms with Gasteiger partial charge in [-0.15, -0.1) is 0 Å². The maximum atomic E-state index is 9.25. The number of nitrogens with one attached hydrogen (secondary N) is 1. The summed E-state index contributed by atoms with van der Waals surface area (Å²) in [6.07, 6.45) is 3.14. The summed E-state index contributed by atoms with van der Waals surface area (Å²) in [7, 11) is 3.82. The van der Waals surface area contributed by atoms with Crippen molar-refractivity contribution in [3.63, 3.8) is 0 Å². The zero-order chi connectivity index (χ0) is 15.7. The second kappa shape index (κ2) is 9.33. The van der Waals surface area contributed by atoms with E-state index in [1.54, 1.807) is 0 Å². The Bertz CT molecular complexity index is 412. The van der Waals surface area contributed by atoms with Gasteiger partial charge in [0.25, 0.3) is 0 Å². The molecule has 2 N–H and O–H groups in total. The summed E-state index contributed by atoms with van der Waals surface area (Å²) in [5.41, 5.74) is 0. The molecule has 0 bridgehead atoms. The minimum absolute atomic E-state index is 0.0877. The van der Waals surface area contributed by atoms with E-state index in [4.69, 9.17) is 0 Å². The second-order valence-electron chi connectivity index (χ2n) is 5.14. The molecule has 0 aliphatic carbocycles. The Balaban J connectivity index is 3.02. The standard InChI is InChI=1S/C14H28N6O/c1-5-7-9-20(10-11-21)14-17-12(15-8-6-2)16-13(18-14)19(3)4/h21H,5-11H2,1-4H3,(H,15,16,17,18). The van der Waals surface area contributed by atoms with Gasteiger partial charge in [0, 0.05) is 33.7 Å². The van der Waals surface area contributed by atoms with Crippen molar-refractivity contribution in [2.45, 2.75) is 33.1 Å². The van der Waals surface area contributed by atoms with Crippen LogP contribution in [0.1, 0.15) is 33.1 Å². The maximum Gasteiger partial charge on any atom is 0.232 e. The van der Waals surface area contributed by atoms with Gasteiger partial charge in [-0.05, 0) is 12.8 Å². The number of aliphatic hydroxyl groups excluding tert-OH is 1. The highest BCUT2D eigenvalue weighted by Gasteiger charge is 2.13. The first-order valence-electron chi connectivity index (χ1n) is 7.65. The molecule has 0 spiro atoms. The molecule has 0 radical (unpaired) electrons. The van der Waals surface area contributed by atoms with E-state index in [9.17, 15) is 5.11 Å². The van der Waals surface area contributed by atoms with Crippen molar-refractivity contribution in [2.75, 3.05) is 55.5 Å². The van der Waals surface area contributed by atoms with E-state index in [-0.39, 0.29) is 6.61 Å². The normalized spacial score (nSPS) is 10.5. The van der Waals surface area contributed by atoms with Crippen molar-refractivity contribution >= 4 is 17.8 Å². The van der Waals surface area contributed by atoms with Gasteiger partial charge in [-0.25, -0.2) is 0 Å². The molecular formula is C14H28N6O. The fourth-order valence-corrected chi connectivity index (χ4v) is 1.79. The van der Waals surface area contributed by atoms with Crippen molar-refractivity contribution in [1.82, 2.24) is 15.0 Å². The van der Waals surface area contributed by atoms with Gasteiger partial charge in [0.05, 0.1) is 6.61 Å². The molecule has 0 aliphatic rings. The van der Waals surface area contributed by atoms with E-state index in [2.05, 4.69) is 34.1 Å². The van der Waals surface area contributed by atoms with Crippen LogP contribution >= 0.6 is 0 Å². The molecule has 1 heterocycles. The van der Waals surface area contributed by atoms with Crippen LogP contribution in [0.15, 0.2) is 0 Å². The van der Waals surface area contributed by atoms with Gasteiger partial charge >= 0.3 is 0 Å². The molecule has 120 valence electrons. The lowest BCUT2D eigenvalue weighted by molar-refractivity contribution is 0.301. The van der Waals surface area contributed by atoms with Gasteiger partial charge in [-0.1, -0.05) is 20.3 Å². The molecule has 0 atom stereocenters. The van der Waals surface area contributed by atoms with Crippen LogP contribution < -0.4 is 15.1 Å². The Morgan fingerprint density at radius 2 is 1.71 bits per heavy atom. The minimum atomic E-state index is 0.0877. The van der Waals surface area contributed by atoms with E-state index >= 15 is 0 Å². The summed E-state index contributed by atoms with van der Waals surface area (Å²) in [4.78, 5) is 17.2. The number of nitrogens with zero attached hydrogens (tertiary/aromatic N) is 5. The maximum absolute atomic E-state index is 9.25. The third-order valence-electron chi connectivity index (χ3n) is 2.98. The molecule has 0 amide bonds. The molecule has 7 nitrogen and oxygen atoms in total. The summed E-state index contributed by atoms with van der Waals surface area (Å²) < 4.78 is 0. The average Bonchev–Trinajstić information content (AvgIpc) is 2.49. The van der Waals surface area contributed by atoms with Crippen molar-refractivity contribution in [1.29, 1.82) is 0 Å². The van der Waals surface area contributed by atoms with Gasteiger partial charge in [-0.3, -0.25) is 0 Å². The summed E-state index contributed by atoms with van der Waals surface area (Å²) in [6, 6.07) is 0.